The van der Waals surface area contributed by atoms with Crippen LogP contribution < -0.4 is 5.73 Å². The molecule has 0 amide bonds. The highest BCUT2D eigenvalue weighted by Crippen LogP contribution is 2.14. The first-order valence-electron chi connectivity index (χ1n) is 5.30. The molecule has 2 N–H and O–H groups in total. The first-order valence-corrected chi connectivity index (χ1v) is 5.30. The highest BCUT2D eigenvalue weighted by molar-refractivity contribution is 5.97. The molecule has 2 aromatic rings. The largest absolute Gasteiger partial charge is 0.399 e. The summed E-state index contributed by atoms with van der Waals surface area (Å²) in [6, 6.07) is 5.29. The number of hydrogen-bond donors (Lipinski definition) is 1. The number of nitrogen functional groups attached to an aromatic ring is 1. The molecule has 0 radical (unpaired) electrons. The predicted octanol–water partition coefficient (Wildman–Crippen LogP) is 1.13. The number of ketones is 1. The number of benzene rings is 1. The van der Waals surface area contributed by atoms with Crippen molar-refractivity contribution in [2.45, 2.75) is 13.3 Å². The molecular formula is C12H14N4O. The number of rotatable bonds is 3. The normalized spacial score (nSPS) is 10.5. The van der Waals surface area contributed by atoms with E-state index >= 15 is 0 Å². The number of nitrogens with two attached hydrogens (primary N) is 1. The van der Waals surface area contributed by atoms with Gasteiger partial charge in [0.15, 0.2) is 5.78 Å². The molecule has 0 aliphatic carbocycles. The Morgan fingerprint density at radius 1 is 1.47 bits per heavy atom. The van der Waals surface area contributed by atoms with Crippen molar-refractivity contribution in [2.24, 2.45) is 7.05 Å². The molecule has 0 saturated heterocycles. The number of anilines is 1. The van der Waals surface area contributed by atoms with Crippen molar-refractivity contribution in [2.75, 3.05) is 5.73 Å². The minimum Gasteiger partial charge on any atom is -0.399 e. The standard InChI is InChI=1S/C12H14N4O/c1-8-5-9(3-4-10(8)13)11(17)6-12-14-7-15-16(12)2/h3-5,7H,6,13H2,1-2H3. The lowest BCUT2D eigenvalue weighted by Crippen LogP contribution is -2.09. The van der Waals surface area contributed by atoms with Crippen LogP contribution in [0.2, 0.25) is 0 Å². The average molecular weight is 230 g/mol. The lowest BCUT2D eigenvalue weighted by Gasteiger charge is -2.04. The van der Waals surface area contributed by atoms with E-state index < -0.39 is 0 Å². The van der Waals surface area contributed by atoms with Crippen molar-refractivity contribution in [3.05, 3.63) is 41.5 Å². The van der Waals surface area contributed by atoms with Crippen LogP contribution in [0, 0.1) is 6.92 Å². The highest BCUT2D eigenvalue weighted by atomic mass is 16.1. The molecule has 0 atom stereocenters. The molecule has 0 bridgehead atoms. The number of aromatic nitrogens is 3. The minimum atomic E-state index is 0.0178. The highest BCUT2D eigenvalue weighted by Gasteiger charge is 2.11. The van der Waals surface area contributed by atoms with Crippen molar-refractivity contribution < 1.29 is 4.79 Å². The Hall–Kier alpha value is -2.17. The number of nitrogens with zero attached hydrogens (tertiary/aromatic N) is 3. The molecular weight excluding hydrogens is 216 g/mol. The third kappa shape index (κ3) is 2.33. The maximum Gasteiger partial charge on any atom is 0.170 e. The van der Waals surface area contributed by atoms with Gasteiger partial charge in [0.1, 0.15) is 12.2 Å². The Balaban J connectivity index is 2.20. The Kier molecular flexibility index (Phi) is 2.91. The van der Waals surface area contributed by atoms with E-state index in [2.05, 4.69) is 10.1 Å². The molecule has 0 saturated carbocycles. The monoisotopic (exact) mass is 230 g/mol. The van der Waals surface area contributed by atoms with Gasteiger partial charge in [-0.1, -0.05) is 0 Å². The van der Waals surface area contributed by atoms with Gasteiger partial charge in [-0.25, -0.2) is 4.98 Å². The average Bonchev–Trinajstić information content (AvgIpc) is 2.68. The van der Waals surface area contributed by atoms with Gasteiger partial charge in [0.05, 0.1) is 6.42 Å². The summed E-state index contributed by atoms with van der Waals surface area (Å²) >= 11 is 0. The number of carbonyl (C=O) groups is 1. The van der Waals surface area contributed by atoms with E-state index in [4.69, 9.17) is 5.73 Å². The van der Waals surface area contributed by atoms with Crippen LogP contribution in [-0.2, 0) is 13.5 Å². The second-order valence-electron chi connectivity index (χ2n) is 3.97. The maximum absolute atomic E-state index is 12.0. The Morgan fingerprint density at radius 3 is 2.82 bits per heavy atom. The van der Waals surface area contributed by atoms with Gasteiger partial charge in [0.25, 0.3) is 0 Å². The van der Waals surface area contributed by atoms with E-state index in [9.17, 15) is 4.79 Å². The van der Waals surface area contributed by atoms with Crippen molar-refractivity contribution in [3.63, 3.8) is 0 Å². The van der Waals surface area contributed by atoms with Crippen LogP contribution in [0.5, 0.6) is 0 Å². The Morgan fingerprint density at radius 2 is 2.24 bits per heavy atom. The van der Waals surface area contributed by atoms with Gasteiger partial charge in [-0.05, 0) is 30.7 Å². The number of aryl methyl sites for hydroxylation is 2. The van der Waals surface area contributed by atoms with Crippen molar-refractivity contribution >= 4 is 11.5 Å². The van der Waals surface area contributed by atoms with Crippen LogP contribution >= 0.6 is 0 Å². The van der Waals surface area contributed by atoms with Gasteiger partial charge in [-0.2, -0.15) is 5.10 Å². The Bertz CT molecular complexity index is 559. The zero-order valence-electron chi connectivity index (χ0n) is 9.84. The molecule has 88 valence electrons. The van der Waals surface area contributed by atoms with Crippen LogP contribution in [0.15, 0.2) is 24.5 Å². The summed E-state index contributed by atoms with van der Waals surface area (Å²) in [5.41, 5.74) is 7.97. The molecule has 0 aliphatic heterocycles. The lowest BCUT2D eigenvalue weighted by atomic mass is 10.0. The van der Waals surface area contributed by atoms with Crippen LogP contribution in [0.25, 0.3) is 0 Å². The van der Waals surface area contributed by atoms with E-state index in [0.29, 0.717) is 17.1 Å². The molecule has 1 aromatic heterocycles. The van der Waals surface area contributed by atoms with Gasteiger partial charge in [-0.15, -0.1) is 0 Å². The van der Waals surface area contributed by atoms with E-state index in [1.54, 1.807) is 29.9 Å². The summed E-state index contributed by atoms with van der Waals surface area (Å²) in [5.74, 6) is 0.675. The molecule has 1 aromatic carbocycles. The van der Waals surface area contributed by atoms with Crippen molar-refractivity contribution in [1.29, 1.82) is 0 Å². The summed E-state index contributed by atoms with van der Waals surface area (Å²) in [7, 11) is 1.77. The number of carbonyl (C=O) groups excluding carboxylic acids is 1. The number of hydrogen-bond acceptors (Lipinski definition) is 4. The summed E-state index contributed by atoms with van der Waals surface area (Å²) in [4.78, 5) is 16.0. The summed E-state index contributed by atoms with van der Waals surface area (Å²) < 4.78 is 1.60. The molecule has 0 aliphatic rings. The van der Waals surface area contributed by atoms with E-state index in [0.717, 1.165) is 5.56 Å². The molecule has 0 spiro atoms. The summed E-state index contributed by atoms with van der Waals surface area (Å²) in [5, 5.41) is 3.93. The maximum atomic E-state index is 12.0. The first-order chi connectivity index (χ1) is 8.08. The topological polar surface area (TPSA) is 73.8 Å². The van der Waals surface area contributed by atoms with E-state index in [1.807, 2.05) is 6.92 Å². The molecule has 1 heterocycles. The van der Waals surface area contributed by atoms with Crippen molar-refractivity contribution in [1.82, 2.24) is 14.8 Å². The third-order valence-corrected chi connectivity index (χ3v) is 2.72. The zero-order valence-corrected chi connectivity index (χ0v) is 9.84. The van der Waals surface area contributed by atoms with Crippen LogP contribution in [0.3, 0.4) is 0 Å². The second-order valence-corrected chi connectivity index (χ2v) is 3.97. The van der Waals surface area contributed by atoms with Crippen LogP contribution in [-0.4, -0.2) is 20.5 Å². The van der Waals surface area contributed by atoms with Crippen molar-refractivity contribution in [3.8, 4) is 0 Å². The Labute approximate surface area is 99.3 Å². The predicted molar refractivity (Wildman–Crippen MR) is 64.6 cm³/mol. The SMILES string of the molecule is Cc1cc(C(=O)Cc2ncnn2C)ccc1N. The quantitative estimate of drug-likeness (QED) is 0.633. The van der Waals surface area contributed by atoms with Crippen LogP contribution in [0.4, 0.5) is 5.69 Å². The van der Waals surface area contributed by atoms with E-state index in [1.165, 1.54) is 6.33 Å². The molecule has 2 rings (SSSR count). The molecule has 0 fully saturated rings. The fourth-order valence-corrected chi connectivity index (χ4v) is 1.57. The minimum absolute atomic E-state index is 0.0178. The first kappa shape index (κ1) is 11.3. The van der Waals surface area contributed by atoms with Gasteiger partial charge < -0.3 is 5.73 Å². The lowest BCUT2D eigenvalue weighted by molar-refractivity contribution is 0.0989. The van der Waals surface area contributed by atoms with E-state index in [-0.39, 0.29) is 12.2 Å². The molecule has 5 nitrogen and oxygen atoms in total. The fourth-order valence-electron chi connectivity index (χ4n) is 1.57. The summed E-state index contributed by atoms with van der Waals surface area (Å²) in [6.07, 6.45) is 1.69. The van der Waals surface area contributed by atoms with Gasteiger partial charge in [0.2, 0.25) is 0 Å². The second kappa shape index (κ2) is 4.37. The summed E-state index contributed by atoms with van der Waals surface area (Å²) in [6.45, 7) is 1.88. The molecule has 5 heteroatoms. The van der Waals surface area contributed by atoms with Gasteiger partial charge >= 0.3 is 0 Å². The fraction of sp³-hybridized carbons (Fsp3) is 0.250. The van der Waals surface area contributed by atoms with Crippen LogP contribution in [0.1, 0.15) is 21.7 Å². The smallest absolute Gasteiger partial charge is 0.170 e. The molecule has 17 heavy (non-hydrogen) atoms. The number of Topliss-reactive ketones (excluding diaryl/α,β-unsaturated/α-hetero) is 1. The van der Waals surface area contributed by atoms with Gasteiger partial charge in [0, 0.05) is 18.3 Å². The van der Waals surface area contributed by atoms with Gasteiger partial charge in [-0.3, -0.25) is 9.48 Å². The zero-order chi connectivity index (χ0) is 12.4. The third-order valence-electron chi connectivity index (χ3n) is 2.72. The molecule has 0 unspecified atom stereocenters.